The maximum absolute atomic E-state index is 13.2. The largest absolute Gasteiger partial charge is 0.347 e. The monoisotopic (exact) mass is 410 g/mol. The fourth-order valence-corrected chi connectivity index (χ4v) is 5.30. The van der Waals surface area contributed by atoms with Crippen LogP contribution in [0.4, 0.5) is 5.69 Å². The van der Waals surface area contributed by atoms with Crippen LogP contribution in [0.1, 0.15) is 24.4 Å². The van der Waals surface area contributed by atoms with E-state index < -0.39 is 0 Å². The van der Waals surface area contributed by atoms with Gasteiger partial charge in [0, 0.05) is 29.4 Å². The first-order valence-corrected chi connectivity index (χ1v) is 10.8. The van der Waals surface area contributed by atoms with Crippen molar-refractivity contribution in [3.63, 3.8) is 0 Å². The third-order valence-electron chi connectivity index (χ3n) is 5.93. The first kappa shape index (κ1) is 18.8. The topological polar surface area (TPSA) is 33.2 Å². The second kappa shape index (κ2) is 6.92. The number of hydrogen-bond acceptors (Lipinski definition) is 4. The van der Waals surface area contributed by atoms with E-state index in [4.69, 9.17) is 0 Å². The number of para-hydroxylation sites is 2. The van der Waals surface area contributed by atoms with Gasteiger partial charge in [-0.1, -0.05) is 56.3 Å². The third-order valence-corrected chi connectivity index (χ3v) is 7.00. The lowest BCUT2D eigenvalue weighted by atomic mass is 9.83. The molecule has 0 spiro atoms. The Labute approximate surface area is 180 Å². The van der Waals surface area contributed by atoms with Crippen LogP contribution in [-0.2, 0) is 10.2 Å². The van der Waals surface area contributed by atoms with Gasteiger partial charge in [0.25, 0.3) is 0 Å². The minimum atomic E-state index is -0.116. The summed E-state index contributed by atoms with van der Waals surface area (Å²) in [4.78, 5) is 20.1. The summed E-state index contributed by atoms with van der Waals surface area (Å²) in [7, 11) is 2.09. The van der Waals surface area contributed by atoms with E-state index in [0.717, 1.165) is 15.2 Å². The van der Waals surface area contributed by atoms with Crippen LogP contribution in [0.2, 0.25) is 0 Å². The molecule has 2 aromatic carbocycles. The van der Waals surface area contributed by atoms with Crippen molar-refractivity contribution in [3.05, 3.63) is 101 Å². The Morgan fingerprint density at radius 1 is 1.03 bits per heavy atom. The van der Waals surface area contributed by atoms with Crippen molar-refractivity contribution in [3.8, 4) is 0 Å². The Kier molecular flexibility index (Phi) is 4.33. The van der Waals surface area contributed by atoms with Crippen LogP contribution in [0.15, 0.2) is 90.2 Å². The fraction of sp³-hybridized carbons (Fsp3) is 0.154. The zero-order valence-electron chi connectivity index (χ0n) is 17.2. The summed E-state index contributed by atoms with van der Waals surface area (Å²) < 4.78 is 1.09. The molecular weight excluding hydrogens is 388 g/mol. The molecular formula is C26H22N2OS. The van der Waals surface area contributed by atoms with Crippen LogP contribution in [0.5, 0.6) is 0 Å². The SMILES string of the molecule is CN1/C(=C/C=C2\C=CC=C(c3nc4ccccc4s3)C2=O)C(C)(C)c2ccccc21. The minimum absolute atomic E-state index is 0.0179. The molecule has 2 aliphatic rings. The Balaban J connectivity index is 1.49. The number of aromatic nitrogens is 1. The van der Waals surface area contributed by atoms with Crippen LogP contribution < -0.4 is 4.90 Å². The Morgan fingerprint density at radius 3 is 2.60 bits per heavy atom. The van der Waals surface area contributed by atoms with E-state index in [1.165, 1.54) is 16.9 Å². The highest BCUT2D eigenvalue weighted by atomic mass is 32.1. The molecule has 0 radical (unpaired) electrons. The zero-order valence-corrected chi connectivity index (χ0v) is 18.0. The van der Waals surface area contributed by atoms with Gasteiger partial charge in [-0.15, -0.1) is 11.3 Å². The molecule has 0 unspecified atom stereocenters. The maximum Gasteiger partial charge on any atom is 0.196 e. The van der Waals surface area contributed by atoms with Gasteiger partial charge in [0.1, 0.15) is 5.01 Å². The number of allylic oxidation sites excluding steroid dienone is 8. The van der Waals surface area contributed by atoms with Crippen LogP contribution in [0.25, 0.3) is 15.8 Å². The van der Waals surface area contributed by atoms with Gasteiger partial charge in [-0.3, -0.25) is 4.79 Å². The van der Waals surface area contributed by atoms with Crippen LogP contribution >= 0.6 is 11.3 Å². The van der Waals surface area contributed by atoms with Crippen molar-refractivity contribution in [2.75, 3.05) is 11.9 Å². The number of thiazole rings is 1. The molecule has 0 bridgehead atoms. The molecule has 30 heavy (non-hydrogen) atoms. The van der Waals surface area contributed by atoms with Crippen molar-refractivity contribution < 1.29 is 4.79 Å². The summed E-state index contributed by atoms with van der Waals surface area (Å²) in [6.07, 6.45) is 9.71. The summed E-state index contributed by atoms with van der Waals surface area (Å²) >= 11 is 1.56. The Bertz CT molecular complexity index is 1270. The molecule has 2 heterocycles. The normalized spacial score (nSPS) is 20.3. The van der Waals surface area contributed by atoms with Gasteiger partial charge >= 0.3 is 0 Å². The van der Waals surface area contributed by atoms with E-state index in [1.54, 1.807) is 11.3 Å². The molecule has 5 rings (SSSR count). The van der Waals surface area contributed by atoms with Crippen molar-refractivity contribution in [1.82, 2.24) is 4.98 Å². The van der Waals surface area contributed by atoms with Gasteiger partial charge in [-0.05, 0) is 42.0 Å². The quantitative estimate of drug-likeness (QED) is 0.482. The molecule has 0 saturated carbocycles. The summed E-state index contributed by atoms with van der Waals surface area (Å²) in [6.45, 7) is 4.45. The lowest BCUT2D eigenvalue weighted by molar-refractivity contribution is -0.110. The summed E-state index contributed by atoms with van der Waals surface area (Å²) in [5.74, 6) is 0.0179. The molecule has 0 N–H and O–H groups in total. The summed E-state index contributed by atoms with van der Waals surface area (Å²) in [5, 5.41) is 0.773. The number of ketones is 1. The molecule has 3 aromatic rings. The number of Topliss-reactive ketones (excluding diaryl/α,β-unsaturated/α-hetero) is 1. The average Bonchev–Trinajstić information content (AvgIpc) is 3.25. The van der Waals surface area contributed by atoms with Gasteiger partial charge in [0.15, 0.2) is 5.78 Å². The van der Waals surface area contributed by atoms with Crippen LogP contribution in [-0.4, -0.2) is 17.8 Å². The molecule has 0 saturated heterocycles. The second-order valence-electron chi connectivity index (χ2n) is 8.13. The van der Waals surface area contributed by atoms with E-state index in [0.29, 0.717) is 11.1 Å². The van der Waals surface area contributed by atoms with Gasteiger partial charge in [-0.25, -0.2) is 4.98 Å². The van der Waals surface area contributed by atoms with Crippen molar-refractivity contribution >= 4 is 38.6 Å². The maximum atomic E-state index is 13.2. The summed E-state index contributed by atoms with van der Waals surface area (Å²) in [5.41, 5.74) is 5.85. The predicted octanol–water partition coefficient (Wildman–Crippen LogP) is 6.06. The van der Waals surface area contributed by atoms with Gasteiger partial charge < -0.3 is 4.90 Å². The smallest absolute Gasteiger partial charge is 0.196 e. The average molecular weight is 411 g/mol. The first-order chi connectivity index (χ1) is 14.5. The molecule has 3 nitrogen and oxygen atoms in total. The number of carbonyl (C=O) groups is 1. The number of nitrogens with zero attached hydrogens (tertiary/aromatic N) is 2. The van der Waals surface area contributed by atoms with Gasteiger partial charge in [-0.2, -0.15) is 0 Å². The standard InChI is InChI=1S/C26H22N2OS/c1-26(2)19-11-4-6-13-21(19)28(3)23(26)16-15-17-9-8-10-18(24(17)29)25-27-20-12-5-7-14-22(20)30-25/h4-16H,1-3H3/b17-15+,23-16+. The summed E-state index contributed by atoms with van der Waals surface area (Å²) in [6, 6.07) is 16.5. The van der Waals surface area contributed by atoms with Crippen LogP contribution in [0.3, 0.4) is 0 Å². The molecule has 1 aliphatic carbocycles. The molecule has 4 heteroatoms. The zero-order chi connectivity index (χ0) is 20.9. The number of fused-ring (bicyclic) bond motifs is 2. The second-order valence-corrected chi connectivity index (χ2v) is 9.16. The lowest BCUT2D eigenvalue weighted by Gasteiger charge is -2.23. The fourth-order valence-electron chi connectivity index (χ4n) is 4.31. The number of hydrogen-bond donors (Lipinski definition) is 0. The molecule has 148 valence electrons. The van der Waals surface area contributed by atoms with Crippen molar-refractivity contribution in [1.29, 1.82) is 0 Å². The van der Waals surface area contributed by atoms with Gasteiger partial charge in [0.05, 0.1) is 15.8 Å². The van der Waals surface area contributed by atoms with Crippen LogP contribution in [0, 0.1) is 0 Å². The number of likely N-dealkylation sites (N-methyl/N-ethyl adjacent to an activating group) is 1. The number of carbonyl (C=O) groups excluding carboxylic acids is 1. The Hall–Kier alpha value is -3.24. The number of benzene rings is 2. The first-order valence-electron chi connectivity index (χ1n) is 10.0. The van der Waals surface area contributed by atoms with E-state index in [9.17, 15) is 4.79 Å². The molecule has 0 fully saturated rings. The van der Waals surface area contributed by atoms with E-state index in [2.05, 4.69) is 61.1 Å². The van der Waals surface area contributed by atoms with Crippen molar-refractivity contribution in [2.24, 2.45) is 0 Å². The van der Waals surface area contributed by atoms with Gasteiger partial charge in [0.2, 0.25) is 0 Å². The highest BCUT2D eigenvalue weighted by molar-refractivity contribution is 7.19. The van der Waals surface area contributed by atoms with E-state index in [1.807, 2.05) is 48.6 Å². The predicted molar refractivity (Wildman–Crippen MR) is 126 cm³/mol. The highest BCUT2D eigenvalue weighted by Crippen LogP contribution is 2.46. The third kappa shape index (κ3) is 2.87. The molecule has 1 aromatic heterocycles. The number of rotatable bonds is 2. The van der Waals surface area contributed by atoms with Crippen molar-refractivity contribution in [2.45, 2.75) is 19.3 Å². The van der Waals surface area contributed by atoms with E-state index in [-0.39, 0.29) is 11.2 Å². The highest BCUT2D eigenvalue weighted by Gasteiger charge is 2.37. The number of anilines is 1. The molecule has 0 amide bonds. The lowest BCUT2D eigenvalue weighted by Crippen LogP contribution is -2.22. The minimum Gasteiger partial charge on any atom is -0.347 e. The van der Waals surface area contributed by atoms with E-state index >= 15 is 0 Å². The molecule has 1 aliphatic heterocycles. The molecule has 0 atom stereocenters. The Morgan fingerprint density at radius 2 is 1.80 bits per heavy atom.